The van der Waals surface area contributed by atoms with Crippen LogP contribution in [0.5, 0.6) is 0 Å². The Hall–Kier alpha value is -3.62. The first-order valence-corrected chi connectivity index (χ1v) is 11.0. The van der Waals surface area contributed by atoms with Crippen molar-refractivity contribution >= 4 is 46.5 Å². The second kappa shape index (κ2) is 9.09. The molecule has 1 aliphatic rings. The number of rotatable bonds is 6. The molecule has 0 aliphatic carbocycles. The monoisotopic (exact) mass is 480 g/mol. The van der Waals surface area contributed by atoms with Crippen molar-refractivity contribution < 1.29 is 9.15 Å². The van der Waals surface area contributed by atoms with Gasteiger partial charge in [-0.15, -0.1) is 5.10 Å². The second-order valence-electron chi connectivity index (χ2n) is 7.07. The van der Waals surface area contributed by atoms with Crippen molar-refractivity contribution in [3.05, 3.63) is 70.1 Å². The smallest absolute Gasteiger partial charge is 0.320 e. The predicted octanol–water partition coefficient (Wildman–Crippen LogP) is 5.89. The average Bonchev–Trinajstić information content (AvgIpc) is 3.37. The molecule has 1 aliphatic heterocycles. The van der Waals surface area contributed by atoms with Crippen molar-refractivity contribution in [2.24, 2.45) is 4.99 Å². The molecule has 5 rings (SSSR count). The summed E-state index contributed by atoms with van der Waals surface area (Å²) >= 11 is 12.7. The first kappa shape index (κ1) is 21.2. The number of nitrogens with one attached hydrogen (secondary N) is 2. The highest BCUT2D eigenvalue weighted by Gasteiger charge is 2.16. The van der Waals surface area contributed by atoms with Crippen LogP contribution in [0.25, 0.3) is 33.9 Å². The lowest BCUT2D eigenvalue weighted by Crippen LogP contribution is -2.06. The molecule has 10 heteroatoms. The van der Waals surface area contributed by atoms with Crippen molar-refractivity contribution in [1.29, 1.82) is 0 Å². The Labute approximate surface area is 199 Å². The van der Waals surface area contributed by atoms with Gasteiger partial charge in [0, 0.05) is 11.8 Å². The maximum Gasteiger partial charge on any atom is 0.320 e. The third-order valence-corrected chi connectivity index (χ3v) is 5.53. The minimum atomic E-state index is 0.247. The van der Waals surface area contributed by atoms with E-state index in [4.69, 9.17) is 32.4 Å². The van der Waals surface area contributed by atoms with Crippen LogP contribution in [0.1, 0.15) is 6.92 Å². The summed E-state index contributed by atoms with van der Waals surface area (Å²) in [4.78, 5) is 12.1. The fourth-order valence-electron chi connectivity index (χ4n) is 3.41. The maximum atomic E-state index is 6.33. The molecular weight excluding hydrogens is 463 g/mol. The molecule has 0 atom stereocenters. The Morgan fingerprint density at radius 2 is 2.00 bits per heavy atom. The molecule has 0 spiro atoms. The third-order valence-electron chi connectivity index (χ3n) is 4.90. The Balaban J connectivity index is 1.44. The first-order chi connectivity index (χ1) is 16.1. The van der Waals surface area contributed by atoms with Crippen molar-refractivity contribution in [3.8, 4) is 22.8 Å². The van der Waals surface area contributed by atoms with Crippen molar-refractivity contribution in [2.75, 3.05) is 18.5 Å². The number of ether oxygens (including phenoxy) is 1. The van der Waals surface area contributed by atoms with Crippen LogP contribution < -0.4 is 5.32 Å². The number of aliphatic imine (C=N–C) groups is 1. The van der Waals surface area contributed by atoms with Gasteiger partial charge in [0.1, 0.15) is 11.6 Å². The summed E-state index contributed by atoms with van der Waals surface area (Å²) in [5, 5.41) is 12.4. The van der Waals surface area contributed by atoms with Crippen molar-refractivity contribution in [1.82, 2.24) is 20.2 Å². The summed E-state index contributed by atoms with van der Waals surface area (Å²) in [7, 11) is 0. The number of anilines is 1. The number of halogens is 2. The highest BCUT2D eigenvalue weighted by molar-refractivity contribution is 6.39. The molecule has 2 aromatic heterocycles. The van der Waals surface area contributed by atoms with Crippen LogP contribution in [0, 0.1) is 0 Å². The van der Waals surface area contributed by atoms with Crippen LogP contribution >= 0.6 is 23.2 Å². The van der Waals surface area contributed by atoms with Crippen molar-refractivity contribution in [3.63, 3.8) is 0 Å². The number of hydrogen-bond acceptors (Lipinski definition) is 7. The lowest BCUT2D eigenvalue weighted by atomic mass is 10.2. The van der Waals surface area contributed by atoms with E-state index in [1.807, 2.05) is 37.3 Å². The average molecular weight is 481 g/mol. The number of imidazole rings is 1. The number of aromatic nitrogens is 4. The molecule has 2 aromatic carbocycles. The topological polar surface area (TPSA) is 101 Å². The van der Waals surface area contributed by atoms with E-state index in [1.54, 1.807) is 24.4 Å². The molecule has 33 heavy (non-hydrogen) atoms. The Bertz CT molecular complexity index is 1400. The van der Waals surface area contributed by atoms with Crippen LogP contribution in [-0.2, 0) is 4.74 Å². The molecule has 166 valence electrons. The molecule has 0 bridgehead atoms. The minimum absolute atomic E-state index is 0.247. The Morgan fingerprint density at radius 1 is 1.15 bits per heavy atom. The van der Waals surface area contributed by atoms with Gasteiger partial charge >= 0.3 is 6.01 Å². The van der Waals surface area contributed by atoms with Gasteiger partial charge in [0.15, 0.2) is 0 Å². The number of allylic oxidation sites excluding steroid dienone is 2. The van der Waals surface area contributed by atoms with E-state index in [9.17, 15) is 0 Å². The number of aromatic amines is 1. The van der Waals surface area contributed by atoms with Gasteiger partial charge in [-0.3, -0.25) is 4.99 Å². The fraction of sp³-hybridized carbons (Fsp3) is 0.130. The van der Waals surface area contributed by atoms with Gasteiger partial charge in [0.05, 0.1) is 45.5 Å². The normalized spacial score (nSPS) is 13.5. The SMILES string of the molecule is CCOC1=C(Nc2nnc(-c3ccc4nc(-c5c(Cl)cccc5Cl)[nH]c4c3)o2)C=CC=NC1. The molecule has 0 radical (unpaired) electrons. The first-order valence-electron chi connectivity index (χ1n) is 10.2. The standard InChI is InChI=1S/C23H18Cl2N6O2/c1-2-32-19-12-26-10-4-7-17(19)29-23-31-30-22(33-23)13-8-9-16-18(11-13)28-21(27-16)20-14(24)5-3-6-15(20)25/h3-11H,2,12H2,1H3,(H,27,28)(H,29,31). The van der Waals surface area contributed by atoms with Gasteiger partial charge < -0.3 is 19.5 Å². The fourth-order valence-corrected chi connectivity index (χ4v) is 3.99. The lowest BCUT2D eigenvalue weighted by molar-refractivity contribution is 0.224. The van der Waals surface area contributed by atoms with E-state index in [2.05, 4.69) is 30.5 Å². The molecule has 3 heterocycles. The molecular formula is C23H18Cl2N6O2. The lowest BCUT2D eigenvalue weighted by Gasteiger charge is -2.10. The van der Waals surface area contributed by atoms with Gasteiger partial charge in [0.25, 0.3) is 0 Å². The molecule has 0 saturated heterocycles. The molecule has 0 saturated carbocycles. The van der Waals surface area contributed by atoms with Crippen LogP contribution in [0.15, 0.2) is 69.4 Å². The Morgan fingerprint density at radius 3 is 2.82 bits per heavy atom. The molecule has 0 unspecified atom stereocenters. The van der Waals surface area contributed by atoms with Gasteiger partial charge in [0.2, 0.25) is 5.89 Å². The van der Waals surface area contributed by atoms with Crippen LogP contribution in [0.3, 0.4) is 0 Å². The van der Waals surface area contributed by atoms with Crippen LogP contribution in [0.2, 0.25) is 10.0 Å². The molecule has 0 amide bonds. The van der Waals surface area contributed by atoms with Gasteiger partial charge in [-0.05, 0) is 49.4 Å². The molecule has 8 nitrogen and oxygen atoms in total. The third kappa shape index (κ3) is 4.35. The van der Waals surface area contributed by atoms with E-state index >= 15 is 0 Å². The van der Waals surface area contributed by atoms with E-state index in [-0.39, 0.29) is 6.01 Å². The van der Waals surface area contributed by atoms with Crippen LogP contribution in [0.4, 0.5) is 6.01 Å². The zero-order valence-electron chi connectivity index (χ0n) is 17.5. The van der Waals surface area contributed by atoms with Gasteiger partial charge in [-0.25, -0.2) is 4.98 Å². The molecule has 2 N–H and O–H groups in total. The van der Waals surface area contributed by atoms with Gasteiger partial charge in [-0.2, -0.15) is 0 Å². The van der Waals surface area contributed by atoms with E-state index in [0.717, 1.165) is 22.3 Å². The zero-order chi connectivity index (χ0) is 22.8. The van der Waals surface area contributed by atoms with E-state index in [0.29, 0.717) is 46.2 Å². The van der Waals surface area contributed by atoms with Crippen molar-refractivity contribution in [2.45, 2.75) is 6.92 Å². The number of benzene rings is 2. The number of hydrogen-bond donors (Lipinski definition) is 2. The summed E-state index contributed by atoms with van der Waals surface area (Å²) in [5.41, 5.74) is 3.66. The Kier molecular flexibility index (Phi) is 5.85. The van der Waals surface area contributed by atoms with Crippen LogP contribution in [-0.4, -0.2) is 39.5 Å². The number of nitrogens with zero attached hydrogens (tertiary/aromatic N) is 4. The summed E-state index contributed by atoms with van der Waals surface area (Å²) in [6, 6.07) is 11.2. The molecule has 4 aromatic rings. The highest BCUT2D eigenvalue weighted by atomic mass is 35.5. The summed E-state index contributed by atoms with van der Waals surface area (Å²) in [5.74, 6) is 1.65. The summed E-state index contributed by atoms with van der Waals surface area (Å²) in [6.45, 7) is 2.88. The second-order valence-corrected chi connectivity index (χ2v) is 7.88. The number of H-pyrrole nitrogens is 1. The van der Waals surface area contributed by atoms with E-state index < -0.39 is 0 Å². The zero-order valence-corrected chi connectivity index (χ0v) is 19.0. The maximum absolute atomic E-state index is 6.33. The highest BCUT2D eigenvalue weighted by Crippen LogP contribution is 2.34. The van der Waals surface area contributed by atoms with Gasteiger partial charge in [-0.1, -0.05) is 34.4 Å². The minimum Gasteiger partial charge on any atom is -0.494 e. The largest absolute Gasteiger partial charge is 0.494 e. The molecule has 0 fully saturated rings. The van der Waals surface area contributed by atoms with E-state index in [1.165, 1.54) is 0 Å². The summed E-state index contributed by atoms with van der Waals surface area (Å²) in [6.07, 6.45) is 5.39. The summed E-state index contributed by atoms with van der Waals surface area (Å²) < 4.78 is 11.5. The quantitative estimate of drug-likeness (QED) is 0.356. The number of fused-ring (bicyclic) bond motifs is 1. The predicted molar refractivity (Wildman–Crippen MR) is 130 cm³/mol.